The van der Waals surface area contributed by atoms with Gasteiger partial charge in [0.05, 0.1) is 28.4 Å². The molecule has 0 aliphatic heterocycles. The number of esters is 4. The molecule has 8 heteroatoms. The van der Waals surface area contributed by atoms with Gasteiger partial charge in [0.2, 0.25) is 0 Å². The van der Waals surface area contributed by atoms with Crippen LogP contribution in [0.1, 0.15) is 39.5 Å². The van der Waals surface area contributed by atoms with Gasteiger partial charge in [0, 0.05) is 12.8 Å². The van der Waals surface area contributed by atoms with E-state index in [1.54, 1.807) is 13.8 Å². The summed E-state index contributed by atoms with van der Waals surface area (Å²) < 4.78 is 19.2. The van der Waals surface area contributed by atoms with Crippen molar-refractivity contribution in [2.45, 2.75) is 39.5 Å². The van der Waals surface area contributed by atoms with E-state index in [0.717, 1.165) is 28.4 Å². The number of allylic oxidation sites excluding steroid dienone is 2. The van der Waals surface area contributed by atoms with Crippen LogP contribution in [0.2, 0.25) is 0 Å². The Balaban J connectivity index is 6.00. The highest BCUT2D eigenvalue weighted by atomic mass is 16.6. The third kappa shape index (κ3) is 6.12. The monoisotopic (exact) mass is 420 g/mol. The minimum absolute atomic E-state index is 0.112. The van der Waals surface area contributed by atoms with Crippen LogP contribution in [0.5, 0.6) is 0 Å². The lowest BCUT2D eigenvalue weighted by molar-refractivity contribution is -0.170. The van der Waals surface area contributed by atoms with Crippen LogP contribution in [0.25, 0.3) is 0 Å². The Kier molecular flexibility index (Phi) is 11.6. The lowest BCUT2D eigenvalue weighted by Gasteiger charge is -2.26. The van der Waals surface area contributed by atoms with Crippen LogP contribution in [0.4, 0.5) is 0 Å². The standard InChI is InChI=1S/C22H28O8/c1-7-9-13-21(17(23)27-3,18(24)28-4)15-11-12-16-22(14-10-8-2,19(25)29-5)20(26)30-6/h11-12H,13-16H2,1-6H3/b12-11+. The largest absolute Gasteiger partial charge is 0.468 e. The molecule has 0 heterocycles. The molecule has 0 N–H and O–H groups in total. The van der Waals surface area contributed by atoms with Crippen LogP contribution in [-0.4, -0.2) is 52.3 Å². The summed E-state index contributed by atoms with van der Waals surface area (Å²) in [7, 11) is 4.64. The summed E-state index contributed by atoms with van der Waals surface area (Å²) in [5.74, 6) is 7.49. The Morgan fingerprint density at radius 1 is 0.633 bits per heavy atom. The summed E-state index contributed by atoms with van der Waals surface area (Å²) in [4.78, 5) is 49.6. The second-order valence-corrected chi connectivity index (χ2v) is 6.22. The molecule has 0 spiro atoms. The van der Waals surface area contributed by atoms with Gasteiger partial charge in [-0.25, -0.2) is 0 Å². The van der Waals surface area contributed by atoms with Gasteiger partial charge in [-0.05, 0) is 26.7 Å². The second kappa shape index (κ2) is 13.1. The molecule has 30 heavy (non-hydrogen) atoms. The molecule has 0 bridgehead atoms. The molecule has 0 unspecified atom stereocenters. The number of rotatable bonds is 10. The number of methoxy groups -OCH3 is 4. The average molecular weight is 420 g/mol. The molecule has 0 radical (unpaired) electrons. The minimum atomic E-state index is -1.68. The Morgan fingerprint density at radius 2 is 0.900 bits per heavy atom. The van der Waals surface area contributed by atoms with Crippen molar-refractivity contribution in [1.29, 1.82) is 0 Å². The third-order valence-electron chi connectivity index (χ3n) is 4.54. The predicted molar refractivity (Wildman–Crippen MR) is 107 cm³/mol. The summed E-state index contributed by atoms with van der Waals surface area (Å²) >= 11 is 0. The Morgan fingerprint density at radius 3 is 1.10 bits per heavy atom. The fraction of sp³-hybridized carbons (Fsp3) is 0.545. The summed E-state index contributed by atoms with van der Waals surface area (Å²) in [5.41, 5.74) is -3.35. The van der Waals surface area contributed by atoms with Gasteiger partial charge < -0.3 is 18.9 Å². The summed E-state index contributed by atoms with van der Waals surface area (Å²) in [5, 5.41) is 0. The molecule has 0 aliphatic carbocycles. The molecular weight excluding hydrogens is 392 g/mol. The summed E-state index contributed by atoms with van der Waals surface area (Å²) in [6.45, 7) is 3.15. The Labute approximate surface area is 177 Å². The molecule has 0 atom stereocenters. The smallest absolute Gasteiger partial charge is 0.324 e. The van der Waals surface area contributed by atoms with E-state index in [-0.39, 0.29) is 25.7 Å². The van der Waals surface area contributed by atoms with Crippen molar-refractivity contribution < 1.29 is 38.1 Å². The SMILES string of the molecule is CC#CCC(C/C=C/CC(CC#CC)(C(=O)OC)C(=O)OC)(C(=O)OC)C(=O)OC. The number of hydrogen-bond donors (Lipinski definition) is 0. The summed E-state index contributed by atoms with van der Waals surface area (Å²) in [6, 6.07) is 0. The molecule has 0 aromatic carbocycles. The minimum Gasteiger partial charge on any atom is -0.468 e. The molecule has 164 valence electrons. The molecule has 0 aromatic heterocycles. The van der Waals surface area contributed by atoms with Gasteiger partial charge in [0.1, 0.15) is 0 Å². The zero-order valence-electron chi connectivity index (χ0n) is 18.2. The van der Waals surface area contributed by atoms with Gasteiger partial charge >= 0.3 is 23.9 Å². The first-order valence-corrected chi connectivity index (χ1v) is 9.04. The molecule has 8 nitrogen and oxygen atoms in total. The van der Waals surface area contributed by atoms with Crippen LogP contribution in [-0.2, 0) is 38.1 Å². The van der Waals surface area contributed by atoms with E-state index in [1.165, 1.54) is 12.2 Å². The zero-order chi connectivity index (χ0) is 23.2. The van der Waals surface area contributed by atoms with Crippen molar-refractivity contribution in [2.24, 2.45) is 10.8 Å². The first kappa shape index (κ1) is 26.7. The Hall–Kier alpha value is -3.26. The van der Waals surface area contributed by atoms with E-state index in [4.69, 9.17) is 18.9 Å². The molecule has 0 fully saturated rings. The molecule has 0 rings (SSSR count). The van der Waals surface area contributed by atoms with Gasteiger partial charge in [0.15, 0.2) is 10.8 Å². The number of hydrogen-bond acceptors (Lipinski definition) is 8. The van der Waals surface area contributed by atoms with E-state index in [2.05, 4.69) is 23.7 Å². The first-order valence-electron chi connectivity index (χ1n) is 9.04. The van der Waals surface area contributed by atoms with Crippen molar-refractivity contribution in [1.82, 2.24) is 0 Å². The number of ether oxygens (including phenoxy) is 4. The van der Waals surface area contributed by atoms with E-state index in [0.29, 0.717) is 0 Å². The number of carbonyl (C=O) groups excluding carboxylic acids is 4. The average Bonchev–Trinajstić information content (AvgIpc) is 2.78. The van der Waals surface area contributed by atoms with Gasteiger partial charge in [-0.3, -0.25) is 19.2 Å². The number of carbonyl (C=O) groups is 4. The predicted octanol–water partition coefficient (Wildman–Crippen LogP) is 1.81. The van der Waals surface area contributed by atoms with Crippen LogP contribution in [0.15, 0.2) is 12.2 Å². The molecule has 0 amide bonds. The van der Waals surface area contributed by atoms with E-state index in [9.17, 15) is 19.2 Å². The van der Waals surface area contributed by atoms with Gasteiger partial charge in [-0.15, -0.1) is 23.7 Å². The van der Waals surface area contributed by atoms with Crippen molar-refractivity contribution >= 4 is 23.9 Å². The fourth-order valence-electron chi connectivity index (χ4n) is 2.76. The van der Waals surface area contributed by atoms with Gasteiger partial charge in [-0.2, -0.15) is 0 Å². The topological polar surface area (TPSA) is 105 Å². The molecule has 0 aliphatic rings. The molecule has 0 saturated carbocycles. The maximum atomic E-state index is 12.4. The Bertz CT molecular complexity index is 687. The van der Waals surface area contributed by atoms with E-state index >= 15 is 0 Å². The normalized spacial score (nSPS) is 10.7. The molecule has 0 aromatic rings. The third-order valence-corrected chi connectivity index (χ3v) is 4.54. The highest BCUT2D eigenvalue weighted by Gasteiger charge is 2.48. The highest BCUT2D eigenvalue weighted by Crippen LogP contribution is 2.33. The second-order valence-electron chi connectivity index (χ2n) is 6.22. The van der Waals surface area contributed by atoms with E-state index < -0.39 is 34.7 Å². The van der Waals surface area contributed by atoms with Crippen molar-refractivity contribution in [3.63, 3.8) is 0 Å². The zero-order valence-corrected chi connectivity index (χ0v) is 18.2. The maximum absolute atomic E-state index is 12.4. The molecular formula is C22H28O8. The van der Waals surface area contributed by atoms with Crippen molar-refractivity contribution in [3.8, 4) is 23.7 Å². The highest BCUT2D eigenvalue weighted by molar-refractivity contribution is 6.01. The first-order chi connectivity index (χ1) is 14.3. The lowest BCUT2D eigenvalue weighted by atomic mass is 9.79. The van der Waals surface area contributed by atoms with E-state index in [1.807, 2.05) is 0 Å². The van der Waals surface area contributed by atoms with Crippen molar-refractivity contribution in [3.05, 3.63) is 12.2 Å². The van der Waals surface area contributed by atoms with Crippen LogP contribution in [0, 0.1) is 34.5 Å². The van der Waals surface area contributed by atoms with Gasteiger partial charge in [0.25, 0.3) is 0 Å². The van der Waals surface area contributed by atoms with Crippen LogP contribution >= 0.6 is 0 Å². The van der Waals surface area contributed by atoms with Crippen LogP contribution < -0.4 is 0 Å². The molecule has 0 saturated heterocycles. The fourth-order valence-corrected chi connectivity index (χ4v) is 2.76. The van der Waals surface area contributed by atoms with Crippen LogP contribution in [0.3, 0.4) is 0 Å². The lowest BCUT2D eigenvalue weighted by Crippen LogP contribution is -2.41. The maximum Gasteiger partial charge on any atom is 0.324 e. The van der Waals surface area contributed by atoms with Gasteiger partial charge in [-0.1, -0.05) is 12.2 Å². The summed E-state index contributed by atoms with van der Waals surface area (Å²) in [6.07, 6.45) is 2.52. The quantitative estimate of drug-likeness (QED) is 0.173. The van der Waals surface area contributed by atoms with Crippen molar-refractivity contribution in [2.75, 3.05) is 28.4 Å².